The van der Waals surface area contributed by atoms with Gasteiger partial charge in [0.15, 0.2) is 11.6 Å². The van der Waals surface area contributed by atoms with Crippen molar-refractivity contribution in [1.29, 1.82) is 0 Å². The predicted molar refractivity (Wildman–Crippen MR) is 47.8 cm³/mol. The van der Waals surface area contributed by atoms with Crippen molar-refractivity contribution in [3.63, 3.8) is 0 Å². The summed E-state index contributed by atoms with van der Waals surface area (Å²) in [5, 5.41) is 4.75. The van der Waals surface area contributed by atoms with Crippen molar-refractivity contribution in [2.75, 3.05) is 0 Å². The van der Waals surface area contributed by atoms with Gasteiger partial charge >= 0.3 is 0 Å². The standard InChI is InChI=1S/C8H8FNO3S/c1-5(11)6-3-2-4-7(8(6)9)14(10,12)13/h2-4H,1H3,(H2,10,12,13). The lowest BCUT2D eigenvalue weighted by molar-refractivity contribution is 0.101. The van der Waals surface area contributed by atoms with Crippen LogP contribution in [0.2, 0.25) is 0 Å². The molecule has 2 N–H and O–H groups in total. The quantitative estimate of drug-likeness (QED) is 0.740. The number of nitrogens with two attached hydrogens (primary N) is 1. The van der Waals surface area contributed by atoms with Crippen molar-refractivity contribution >= 4 is 15.8 Å². The maximum absolute atomic E-state index is 13.3. The molecule has 0 spiro atoms. The Morgan fingerprint density at radius 2 is 2.00 bits per heavy atom. The molecular formula is C8H8FNO3S. The molecule has 76 valence electrons. The third-order valence-electron chi connectivity index (χ3n) is 1.65. The van der Waals surface area contributed by atoms with Gasteiger partial charge in [-0.1, -0.05) is 6.07 Å². The van der Waals surface area contributed by atoms with Crippen LogP contribution in [-0.4, -0.2) is 14.2 Å². The third kappa shape index (κ3) is 1.97. The highest BCUT2D eigenvalue weighted by Crippen LogP contribution is 2.16. The molecule has 0 aromatic heterocycles. The largest absolute Gasteiger partial charge is 0.294 e. The van der Waals surface area contributed by atoms with Crippen LogP contribution >= 0.6 is 0 Å². The first-order chi connectivity index (χ1) is 6.34. The molecule has 0 unspecified atom stereocenters. The van der Waals surface area contributed by atoms with Crippen LogP contribution in [0.5, 0.6) is 0 Å². The zero-order chi connectivity index (χ0) is 10.9. The maximum atomic E-state index is 13.3. The van der Waals surface area contributed by atoms with Crippen LogP contribution in [0, 0.1) is 5.82 Å². The van der Waals surface area contributed by atoms with Crippen molar-refractivity contribution < 1.29 is 17.6 Å². The summed E-state index contributed by atoms with van der Waals surface area (Å²) in [6, 6.07) is 3.48. The van der Waals surface area contributed by atoms with Crippen molar-refractivity contribution in [2.45, 2.75) is 11.8 Å². The van der Waals surface area contributed by atoms with E-state index in [1.165, 1.54) is 12.1 Å². The summed E-state index contributed by atoms with van der Waals surface area (Å²) in [4.78, 5) is 10.2. The van der Waals surface area contributed by atoms with Crippen LogP contribution in [-0.2, 0) is 10.0 Å². The average Bonchev–Trinajstić information content (AvgIpc) is 2.01. The van der Waals surface area contributed by atoms with E-state index in [9.17, 15) is 17.6 Å². The van der Waals surface area contributed by atoms with Gasteiger partial charge in [-0.05, 0) is 19.1 Å². The molecule has 0 fully saturated rings. The van der Waals surface area contributed by atoms with E-state index in [4.69, 9.17) is 5.14 Å². The van der Waals surface area contributed by atoms with Crippen LogP contribution in [0.1, 0.15) is 17.3 Å². The summed E-state index contributed by atoms with van der Waals surface area (Å²) in [6.45, 7) is 1.14. The first-order valence-corrected chi connectivity index (χ1v) is 5.21. The minimum Gasteiger partial charge on any atom is -0.294 e. The fourth-order valence-electron chi connectivity index (χ4n) is 1.00. The topological polar surface area (TPSA) is 77.2 Å². The van der Waals surface area contributed by atoms with Crippen LogP contribution in [0.15, 0.2) is 23.1 Å². The molecule has 0 saturated heterocycles. The van der Waals surface area contributed by atoms with Gasteiger partial charge in [0.1, 0.15) is 4.90 Å². The second-order valence-electron chi connectivity index (χ2n) is 2.72. The summed E-state index contributed by atoms with van der Waals surface area (Å²) in [6.07, 6.45) is 0. The van der Waals surface area contributed by atoms with Gasteiger partial charge in [0, 0.05) is 0 Å². The summed E-state index contributed by atoms with van der Waals surface area (Å²) in [5.41, 5.74) is -0.281. The van der Waals surface area contributed by atoms with E-state index in [1.807, 2.05) is 0 Å². The number of primary sulfonamides is 1. The van der Waals surface area contributed by atoms with Gasteiger partial charge in [0.25, 0.3) is 0 Å². The molecule has 0 heterocycles. The van der Waals surface area contributed by atoms with E-state index in [0.717, 1.165) is 13.0 Å². The molecule has 0 aliphatic rings. The van der Waals surface area contributed by atoms with Gasteiger partial charge in [0.2, 0.25) is 10.0 Å². The van der Waals surface area contributed by atoms with Crippen molar-refractivity contribution in [1.82, 2.24) is 0 Å². The molecule has 14 heavy (non-hydrogen) atoms. The molecule has 4 nitrogen and oxygen atoms in total. The number of ketones is 1. The highest BCUT2D eigenvalue weighted by Gasteiger charge is 2.18. The number of rotatable bonds is 2. The number of hydrogen-bond acceptors (Lipinski definition) is 3. The number of sulfonamides is 1. The van der Waals surface area contributed by atoms with E-state index in [2.05, 4.69) is 0 Å². The highest BCUT2D eigenvalue weighted by molar-refractivity contribution is 7.89. The van der Waals surface area contributed by atoms with E-state index < -0.39 is 26.5 Å². The Kier molecular flexibility index (Phi) is 2.68. The number of Topliss-reactive ketones (excluding diaryl/α,β-unsaturated/α-hetero) is 1. The zero-order valence-corrected chi connectivity index (χ0v) is 8.14. The molecule has 1 aromatic carbocycles. The van der Waals surface area contributed by atoms with Gasteiger partial charge in [-0.2, -0.15) is 0 Å². The second kappa shape index (κ2) is 3.47. The number of benzene rings is 1. The number of carbonyl (C=O) groups is 1. The summed E-state index contributed by atoms with van der Waals surface area (Å²) in [5.74, 6) is -1.64. The number of halogens is 1. The van der Waals surface area contributed by atoms with Crippen molar-refractivity contribution in [3.8, 4) is 0 Å². The van der Waals surface area contributed by atoms with Gasteiger partial charge in [0.05, 0.1) is 5.56 Å². The van der Waals surface area contributed by atoms with E-state index in [1.54, 1.807) is 0 Å². The molecule has 0 atom stereocenters. The minimum absolute atomic E-state index is 0.281. The average molecular weight is 217 g/mol. The normalized spacial score (nSPS) is 11.4. The lowest BCUT2D eigenvalue weighted by Gasteiger charge is -2.03. The fraction of sp³-hybridized carbons (Fsp3) is 0.125. The van der Waals surface area contributed by atoms with Gasteiger partial charge < -0.3 is 0 Å². The molecule has 6 heteroatoms. The molecule has 0 amide bonds. The summed E-state index contributed by atoms with van der Waals surface area (Å²) >= 11 is 0. The molecule has 1 aromatic rings. The predicted octanol–water partition coefficient (Wildman–Crippen LogP) is 0.676. The van der Waals surface area contributed by atoms with Crippen LogP contribution < -0.4 is 5.14 Å². The van der Waals surface area contributed by atoms with E-state index in [0.29, 0.717) is 0 Å². The smallest absolute Gasteiger partial charge is 0.240 e. The lowest BCUT2D eigenvalue weighted by atomic mass is 10.1. The molecule has 0 aliphatic heterocycles. The first kappa shape index (κ1) is 10.8. The van der Waals surface area contributed by atoms with Crippen LogP contribution in [0.4, 0.5) is 4.39 Å². The summed E-state index contributed by atoms with van der Waals surface area (Å²) in [7, 11) is -4.12. The number of hydrogen-bond donors (Lipinski definition) is 1. The SMILES string of the molecule is CC(=O)c1cccc(S(N)(=O)=O)c1F. The Bertz CT molecular complexity index is 481. The van der Waals surface area contributed by atoms with E-state index >= 15 is 0 Å². The second-order valence-corrected chi connectivity index (χ2v) is 4.25. The van der Waals surface area contributed by atoms with Gasteiger partial charge in [-0.25, -0.2) is 17.9 Å². The first-order valence-electron chi connectivity index (χ1n) is 3.66. The Balaban J connectivity index is 3.51. The Hall–Kier alpha value is -1.27. The van der Waals surface area contributed by atoms with Crippen LogP contribution in [0.3, 0.4) is 0 Å². The van der Waals surface area contributed by atoms with E-state index in [-0.39, 0.29) is 5.56 Å². The highest BCUT2D eigenvalue weighted by atomic mass is 32.2. The van der Waals surface area contributed by atoms with Gasteiger partial charge in [-0.15, -0.1) is 0 Å². The Morgan fingerprint density at radius 3 is 2.43 bits per heavy atom. The third-order valence-corrected chi connectivity index (χ3v) is 2.58. The molecule has 0 bridgehead atoms. The Morgan fingerprint density at radius 1 is 1.43 bits per heavy atom. The minimum atomic E-state index is -4.12. The Labute approximate surface area is 80.6 Å². The lowest BCUT2D eigenvalue weighted by Crippen LogP contribution is -2.15. The molecule has 0 radical (unpaired) electrons. The maximum Gasteiger partial charge on any atom is 0.240 e. The van der Waals surface area contributed by atoms with Crippen molar-refractivity contribution in [3.05, 3.63) is 29.6 Å². The van der Waals surface area contributed by atoms with Crippen molar-refractivity contribution in [2.24, 2.45) is 5.14 Å². The monoisotopic (exact) mass is 217 g/mol. The summed E-state index contributed by atoms with van der Waals surface area (Å²) < 4.78 is 35.0. The zero-order valence-electron chi connectivity index (χ0n) is 7.32. The van der Waals surface area contributed by atoms with Crippen LogP contribution in [0.25, 0.3) is 0 Å². The van der Waals surface area contributed by atoms with Gasteiger partial charge in [-0.3, -0.25) is 4.79 Å². The molecule has 0 saturated carbocycles. The fourth-order valence-corrected chi connectivity index (χ4v) is 1.63. The molecular weight excluding hydrogens is 209 g/mol. The molecule has 1 rings (SSSR count). The number of carbonyl (C=O) groups excluding carboxylic acids is 1. The molecule has 0 aliphatic carbocycles.